The van der Waals surface area contributed by atoms with Crippen molar-refractivity contribution in [1.82, 2.24) is 15.5 Å². The first-order valence-corrected chi connectivity index (χ1v) is 14.5. The number of halogens is 3. The second-order valence-electron chi connectivity index (χ2n) is 11.2. The van der Waals surface area contributed by atoms with Gasteiger partial charge in [-0.3, -0.25) is 14.4 Å². The van der Waals surface area contributed by atoms with Gasteiger partial charge < -0.3 is 29.9 Å². The van der Waals surface area contributed by atoms with E-state index in [9.17, 15) is 27.6 Å². The van der Waals surface area contributed by atoms with Crippen LogP contribution in [0, 0.1) is 0 Å². The van der Waals surface area contributed by atoms with Crippen LogP contribution in [0.1, 0.15) is 68.4 Å². The summed E-state index contributed by atoms with van der Waals surface area (Å²) in [5.41, 5.74) is -3.03. The van der Waals surface area contributed by atoms with Crippen molar-refractivity contribution in [2.45, 2.75) is 70.8 Å². The van der Waals surface area contributed by atoms with Crippen LogP contribution in [-0.4, -0.2) is 68.0 Å². The zero-order valence-electron chi connectivity index (χ0n) is 25.1. The van der Waals surface area contributed by atoms with Crippen LogP contribution in [0.15, 0.2) is 36.4 Å². The van der Waals surface area contributed by atoms with E-state index in [-0.39, 0.29) is 48.9 Å². The minimum Gasteiger partial charge on any atom is -0.497 e. The standard InChI is InChI=1S/C31H39F3N4O5/c1-6-27(39)36-13-14-37-25-16-23(28(40)38(19(2)3)21-10-8-12-35-18-21)24(31(32,33)34)17-26(25)43-30(4,29(37)41)20-9-7-11-22(15-20)42-5/h7,9,11,15-17,19,21,35H,6,8,10,12-14,18H2,1-5H3,(H,36,39)/t21-,30?/m1/s1. The summed E-state index contributed by atoms with van der Waals surface area (Å²) in [5.74, 6) is -1.34. The van der Waals surface area contributed by atoms with E-state index >= 15 is 0 Å². The summed E-state index contributed by atoms with van der Waals surface area (Å²) < 4.78 is 55.3. The molecular formula is C31H39F3N4O5. The number of hydrogen-bond acceptors (Lipinski definition) is 6. The van der Waals surface area contributed by atoms with Gasteiger partial charge in [0.05, 0.1) is 23.9 Å². The molecule has 2 heterocycles. The summed E-state index contributed by atoms with van der Waals surface area (Å²) in [5, 5.41) is 5.93. The van der Waals surface area contributed by atoms with Crippen molar-refractivity contribution in [2.75, 3.05) is 38.2 Å². The maximum atomic E-state index is 14.6. The normalized spacial score (nSPS) is 20.3. The second-order valence-corrected chi connectivity index (χ2v) is 11.2. The number of anilines is 1. The van der Waals surface area contributed by atoms with Crippen molar-refractivity contribution in [1.29, 1.82) is 0 Å². The molecule has 9 nitrogen and oxygen atoms in total. The molecule has 3 amide bonds. The predicted molar refractivity (Wildman–Crippen MR) is 155 cm³/mol. The van der Waals surface area contributed by atoms with E-state index in [0.29, 0.717) is 24.3 Å². The van der Waals surface area contributed by atoms with Crippen LogP contribution in [-0.2, 0) is 21.4 Å². The van der Waals surface area contributed by atoms with Crippen LogP contribution in [0.5, 0.6) is 11.5 Å². The minimum atomic E-state index is -4.88. The number of alkyl halides is 3. The monoisotopic (exact) mass is 604 g/mol. The number of benzene rings is 2. The molecule has 2 aromatic rings. The van der Waals surface area contributed by atoms with Gasteiger partial charge in [-0.1, -0.05) is 19.1 Å². The summed E-state index contributed by atoms with van der Waals surface area (Å²) in [6.07, 6.45) is -3.21. The molecular weight excluding hydrogens is 565 g/mol. The van der Waals surface area contributed by atoms with Crippen molar-refractivity contribution in [3.63, 3.8) is 0 Å². The highest BCUT2D eigenvalue weighted by Crippen LogP contribution is 2.47. The Bertz CT molecular complexity index is 1360. The highest BCUT2D eigenvalue weighted by atomic mass is 19.4. The molecule has 2 atom stereocenters. The zero-order chi connectivity index (χ0) is 31.5. The maximum absolute atomic E-state index is 14.6. The van der Waals surface area contributed by atoms with Crippen molar-refractivity contribution >= 4 is 23.4 Å². The molecule has 1 fully saturated rings. The molecule has 0 bridgehead atoms. The van der Waals surface area contributed by atoms with Crippen molar-refractivity contribution in [2.24, 2.45) is 0 Å². The predicted octanol–water partition coefficient (Wildman–Crippen LogP) is 4.48. The Morgan fingerprint density at radius 2 is 2.00 bits per heavy atom. The Balaban J connectivity index is 1.87. The molecule has 2 aliphatic heterocycles. The number of ether oxygens (including phenoxy) is 2. The van der Waals surface area contributed by atoms with Crippen LogP contribution in [0.2, 0.25) is 0 Å². The third kappa shape index (κ3) is 6.58. The second kappa shape index (κ2) is 12.8. The average Bonchev–Trinajstić information content (AvgIpc) is 2.98. The number of fused-ring (bicyclic) bond motifs is 1. The number of piperidine rings is 1. The lowest BCUT2D eigenvalue weighted by Gasteiger charge is -2.42. The van der Waals surface area contributed by atoms with Gasteiger partial charge in [-0.25, -0.2) is 0 Å². The van der Waals surface area contributed by atoms with Crippen LogP contribution in [0.25, 0.3) is 0 Å². The highest BCUT2D eigenvalue weighted by Gasteiger charge is 2.48. The van der Waals surface area contributed by atoms with Gasteiger partial charge in [0.15, 0.2) is 0 Å². The summed E-state index contributed by atoms with van der Waals surface area (Å²) in [7, 11) is 1.46. The van der Waals surface area contributed by atoms with Crippen LogP contribution < -0.4 is 25.0 Å². The topological polar surface area (TPSA) is 100 Å². The molecule has 0 radical (unpaired) electrons. The number of methoxy groups -OCH3 is 1. The number of carbonyl (C=O) groups excluding carboxylic acids is 3. The fourth-order valence-electron chi connectivity index (χ4n) is 5.69. The molecule has 1 unspecified atom stereocenters. The molecule has 12 heteroatoms. The molecule has 2 aromatic carbocycles. The largest absolute Gasteiger partial charge is 0.497 e. The average molecular weight is 605 g/mol. The van der Waals surface area contributed by atoms with E-state index in [1.54, 1.807) is 45.0 Å². The zero-order valence-corrected chi connectivity index (χ0v) is 25.1. The van der Waals surface area contributed by atoms with Crippen LogP contribution in [0.4, 0.5) is 18.9 Å². The van der Waals surface area contributed by atoms with Gasteiger partial charge in [0, 0.05) is 43.7 Å². The van der Waals surface area contributed by atoms with E-state index in [1.165, 1.54) is 23.8 Å². The Labute approximate surface area is 249 Å². The smallest absolute Gasteiger partial charge is 0.417 e. The van der Waals surface area contributed by atoms with Gasteiger partial charge in [0.25, 0.3) is 11.8 Å². The third-order valence-electron chi connectivity index (χ3n) is 7.95. The first kappa shape index (κ1) is 32.1. The van der Waals surface area contributed by atoms with Gasteiger partial charge in [0.2, 0.25) is 11.5 Å². The van der Waals surface area contributed by atoms with E-state index in [1.807, 2.05) is 0 Å². The molecule has 234 valence electrons. The van der Waals surface area contributed by atoms with Crippen LogP contribution in [0.3, 0.4) is 0 Å². The van der Waals surface area contributed by atoms with Gasteiger partial charge >= 0.3 is 6.18 Å². The van der Waals surface area contributed by atoms with Crippen molar-refractivity contribution in [3.8, 4) is 11.5 Å². The molecule has 2 aliphatic rings. The summed E-state index contributed by atoms with van der Waals surface area (Å²) in [6.45, 7) is 7.94. The molecule has 0 spiro atoms. The number of hydrogen-bond donors (Lipinski definition) is 2. The molecule has 1 saturated heterocycles. The molecule has 2 N–H and O–H groups in total. The quantitative estimate of drug-likeness (QED) is 0.438. The van der Waals surface area contributed by atoms with Crippen molar-refractivity contribution in [3.05, 3.63) is 53.1 Å². The summed E-state index contributed by atoms with van der Waals surface area (Å²) >= 11 is 0. The first-order valence-electron chi connectivity index (χ1n) is 14.5. The molecule has 43 heavy (non-hydrogen) atoms. The Morgan fingerprint density at radius 3 is 2.60 bits per heavy atom. The molecule has 0 aliphatic carbocycles. The number of rotatable bonds is 9. The number of amides is 3. The van der Waals surface area contributed by atoms with Gasteiger partial charge in [-0.15, -0.1) is 0 Å². The van der Waals surface area contributed by atoms with Crippen LogP contribution >= 0.6 is 0 Å². The number of carbonyl (C=O) groups is 3. The Morgan fingerprint density at radius 1 is 1.26 bits per heavy atom. The fraction of sp³-hybridized carbons (Fsp3) is 0.516. The molecule has 0 aromatic heterocycles. The first-order chi connectivity index (χ1) is 20.3. The lowest BCUT2D eigenvalue weighted by atomic mass is 9.90. The van der Waals surface area contributed by atoms with Gasteiger partial charge in [0.1, 0.15) is 11.5 Å². The van der Waals surface area contributed by atoms with E-state index < -0.39 is 34.7 Å². The molecule has 4 rings (SSSR count). The fourth-order valence-corrected chi connectivity index (χ4v) is 5.69. The van der Waals surface area contributed by atoms with Crippen molar-refractivity contribution < 1.29 is 37.0 Å². The maximum Gasteiger partial charge on any atom is 0.417 e. The lowest BCUT2D eigenvalue weighted by Crippen LogP contribution is -2.54. The third-order valence-corrected chi connectivity index (χ3v) is 7.95. The lowest BCUT2D eigenvalue weighted by molar-refractivity contribution is -0.138. The SMILES string of the molecule is CCC(=O)NCCN1C(=O)C(C)(c2cccc(OC)c2)Oc2cc(C(F)(F)F)c(C(=O)N(C(C)C)[C@@H]3CCCNC3)cc21. The summed E-state index contributed by atoms with van der Waals surface area (Å²) in [4.78, 5) is 42.8. The van der Waals surface area contributed by atoms with Gasteiger partial charge in [-0.05, 0) is 64.4 Å². The minimum absolute atomic E-state index is 0.0259. The number of nitrogens with zero attached hydrogens (tertiary/aromatic N) is 2. The van der Waals surface area contributed by atoms with Gasteiger partial charge in [-0.2, -0.15) is 13.2 Å². The van der Waals surface area contributed by atoms with E-state index in [4.69, 9.17) is 9.47 Å². The summed E-state index contributed by atoms with van der Waals surface area (Å²) in [6, 6.07) is 7.80. The Hall–Kier alpha value is -3.80. The molecule has 0 saturated carbocycles. The Kier molecular flexibility index (Phi) is 9.58. The van der Waals surface area contributed by atoms with E-state index in [0.717, 1.165) is 25.1 Å². The van der Waals surface area contributed by atoms with E-state index in [2.05, 4.69) is 10.6 Å². The highest BCUT2D eigenvalue weighted by molar-refractivity contribution is 6.05. The number of nitrogens with one attached hydrogen (secondary N) is 2.